The number of ether oxygens (including phenoxy) is 1. The number of nitrogens with zero attached hydrogens (tertiary/aromatic N) is 1. The Morgan fingerprint density at radius 1 is 1.28 bits per heavy atom. The van der Waals surface area contributed by atoms with Gasteiger partial charge in [-0.2, -0.15) is 4.31 Å². The first-order valence-corrected chi connectivity index (χ1v) is 7.93. The van der Waals surface area contributed by atoms with Gasteiger partial charge in [0.2, 0.25) is 10.0 Å². The van der Waals surface area contributed by atoms with Crippen molar-refractivity contribution >= 4 is 26.0 Å². The normalized spacial score (nSPS) is 20.8. The third-order valence-electron chi connectivity index (χ3n) is 2.97. The van der Waals surface area contributed by atoms with Crippen LogP contribution < -0.4 is 0 Å². The van der Waals surface area contributed by atoms with Gasteiger partial charge in [-0.15, -0.1) is 0 Å². The first kappa shape index (κ1) is 14.0. The number of benzene rings is 1. The Morgan fingerprint density at radius 2 is 1.89 bits per heavy atom. The summed E-state index contributed by atoms with van der Waals surface area (Å²) in [7, 11) is -3.45. The van der Waals surface area contributed by atoms with E-state index in [0.29, 0.717) is 24.7 Å². The Bertz CT molecular complexity index is 525. The lowest BCUT2D eigenvalue weighted by atomic mass is 10.1. The fourth-order valence-electron chi connectivity index (χ4n) is 2.02. The Morgan fingerprint density at radius 3 is 2.44 bits per heavy atom. The molecule has 0 spiro atoms. The third-order valence-corrected chi connectivity index (χ3v) is 5.62. The Hall–Kier alpha value is -0.430. The van der Waals surface area contributed by atoms with Gasteiger partial charge in [-0.05, 0) is 38.1 Å². The van der Waals surface area contributed by atoms with Crippen LogP contribution in [0, 0.1) is 0 Å². The summed E-state index contributed by atoms with van der Waals surface area (Å²) in [6.07, 6.45) is 0. The highest BCUT2D eigenvalue weighted by Gasteiger charge is 2.39. The smallest absolute Gasteiger partial charge is 0.243 e. The molecule has 1 aromatic rings. The highest BCUT2D eigenvalue weighted by molar-refractivity contribution is 9.10. The van der Waals surface area contributed by atoms with E-state index >= 15 is 0 Å². The minimum absolute atomic E-state index is 0.320. The van der Waals surface area contributed by atoms with Crippen molar-refractivity contribution in [3.8, 4) is 0 Å². The van der Waals surface area contributed by atoms with E-state index in [0.717, 1.165) is 4.47 Å². The van der Waals surface area contributed by atoms with Gasteiger partial charge in [0.15, 0.2) is 0 Å². The molecule has 0 radical (unpaired) electrons. The van der Waals surface area contributed by atoms with Crippen LogP contribution in [-0.4, -0.2) is 38.0 Å². The van der Waals surface area contributed by atoms with Crippen molar-refractivity contribution in [3.63, 3.8) is 0 Å². The summed E-state index contributed by atoms with van der Waals surface area (Å²) < 4.78 is 32.9. The van der Waals surface area contributed by atoms with Crippen LogP contribution in [-0.2, 0) is 14.8 Å². The minimum atomic E-state index is -3.45. The molecule has 0 unspecified atom stereocenters. The molecule has 0 saturated carbocycles. The van der Waals surface area contributed by atoms with Gasteiger partial charge >= 0.3 is 0 Å². The molecule has 0 amide bonds. The molecule has 4 nitrogen and oxygen atoms in total. The highest BCUT2D eigenvalue weighted by Crippen LogP contribution is 2.27. The fourth-order valence-corrected chi connectivity index (χ4v) is 4.04. The predicted octanol–water partition coefficient (Wildman–Crippen LogP) is 2.25. The van der Waals surface area contributed by atoms with Crippen molar-refractivity contribution in [1.29, 1.82) is 0 Å². The zero-order valence-corrected chi connectivity index (χ0v) is 12.8. The summed E-state index contributed by atoms with van der Waals surface area (Å²) in [5, 5.41) is 0. The predicted molar refractivity (Wildman–Crippen MR) is 72.9 cm³/mol. The van der Waals surface area contributed by atoms with Gasteiger partial charge < -0.3 is 4.74 Å². The molecule has 1 aromatic carbocycles. The summed E-state index contributed by atoms with van der Waals surface area (Å²) in [4.78, 5) is 0.320. The molecule has 1 saturated heterocycles. The molecule has 1 heterocycles. The van der Waals surface area contributed by atoms with E-state index in [-0.39, 0.29) is 0 Å². The summed E-state index contributed by atoms with van der Waals surface area (Å²) >= 11 is 3.30. The second kappa shape index (κ2) is 4.92. The monoisotopic (exact) mass is 333 g/mol. The van der Waals surface area contributed by atoms with Crippen LogP contribution in [0.5, 0.6) is 0 Å². The van der Waals surface area contributed by atoms with Gasteiger partial charge in [-0.1, -0.05) is 15.9 Å². The van der Waals surface area contributed by atoms with Crippen molar-refractivity contribution in [1.82, 2.24) is 4.31 Å². The maximum Gasteiger partial charge on any atom is 0.243 e. The molecule has 100 valence electrons. The second-order valence-corrected chi connectivity index (χ2v) is 7.67. The van der Waals surface area contributed by atoms with Gasteiger partial charge in [-0.3, -0.25) is 0 Å². The Labute approximate surface area is 116 Å². The number of rotatable bonds is 2. The summed E-state index contributed by atoms with van der Waals surface area (Å²) in [6.45, 7) is 5.01. The largest absolute Gasteiger partial charge is 0.378 e. The lowest BCUT2D eigenvalue weighted by Crippen LogP contribution is -2.55. The van der Waals surface area contributed by atoms with Crippen molar-refractivity contribution < 1.29 is 13.2 Å². The summed E-state index contributed by atoms with van der Waals surface area (Å²) in [6, 6.07) is 6.70. The van der Waals surface area contributed by atoms with Crippen LogP contribution in [0.1, 0.15) is 13.8 Å². The van der Waals surface area contributed by atoms with Crippen molar-refractivity contribution in [2.45, 2.75) is 24.3 Å². The molecule has 0 aliphatic carbocycles. The topological polar surface area (TPSA) is 46.6 Å². The fraction of sp³-hybridized carbons (Fsp3) is 0.500. The minimum Gasteiger partial charge on any atom is -0.378 e. The summed E-state index contributed by atoms with van der Waals surface area (Å²) in [5.41, 5.74) is -0.510. The first-order chi connectivity index (χ1) is 8.34. The van der Waals surface area contributed by atoms with E-state index < -0.39 is 15.6 Å². The van der Waals surface area contributed by atoms with E-state index in [1.54, 1.807) is 24.3 Å². The van der Waals surface area contributed by atoms with Crippen LogP contribution in [0.25, 0.3) is 0 Å². The average molecular weight is 334 g/mol. The van der Waals surface area contributed by atoms with E-state index in [9.17, 15) is 8.42 Å². The second-order valence-electron chi connectivity index (χ2n) is 4.90. The molecule has 18 heavy (non-hydrogen) atoms. The Kier molecular flexibility index (Phi) is 3.82. The molecule has 1 fully saturated rings. The molecular formula is C12H16BrNO3S. The van der Waals surface area contributed by atoms with Crippen LogP contribution in [0.15, 0.2) is 33.6 Å². The van der Waals surface area contributed by atoms with Gasteiger partial charge in [0.1, 0.15) is 0 Å². The molecule has 1 aliphatic rings. The Balaban J connectivity index is 2.38. The van der Waals surface area contributed by atoms with Gasteiger partial charge in [0, 0.05) is 11.0 Å². The lowest BCUT2D eigenvalue weighted by Gasteiger charge is -2.40. The SMILES string of the molecule is CC1(C)COCCN1S(=O)(=O)c1ccc(Br)cc1. The van der Waals surface area contributed by atoms with E-state index in [2.05, 4.69) is 15.9 Å². The highest BCUT2D eigenvalue weighted by atomic mass is 79.9. The van der Waals surface area contributed by atoms with E-state index in [1.165, 1.54) is 4.31 Å². The number of hydrogen-bond acceptors (Lipinski definition) is 3. The van der Waals surface area contributed by atoms with E-state index in [1.807, 2.05) is 13.8 Å². The van der Waals surface area contributed by atoms with Crippen molar-refractivity contribution in [2.75, 3.05) is 19.8 Å². The van der Waals surface area contributed by atoms with Crippen LogP contribution >= 0.6 is 15.9 Å². The first-order valence-electron chi connectivity index (χ1n) is 5.70. The molecule has 0 N–H and O–H groups in total. The van der Waals surface area contributed by atoms with Gasteiger partial charge in [0.25, 0.3) is 0 Å². The summed E-state index contributed by atoms with van der Waals surface area (Å²) in [5.74, 6) is 0. The number of sulfonamides is 1. The number of hydrogen-bond donors (Lipinski definition) is 0. The maximum atomic E-state index is 12.6. The molecule has 0 aromatic heterocycles. The molecule has 0 bridgehead atoms. The van der Waals surface area contributed by atoms with Crippen molar-refractivity contribution in [2.24, 2.45) is 0 Å². The standard InChI is InChI=1S/C12H16BrNO3S/c1-12(2)9-17-8-7-14(12)18(15,16)11-5-3-10(13)4-6-11/h3-6H,7-9H2,1-2H3. The van der Waals surface area contributed by atoms with Crippen LogP contribution in [0.4, 0.5) is 0 Å². The molecule has 6 heteroatoms. The zero-order valence-electron chi connectivity index (χ0n) is 10.4. The zero-order chi connectivity index (χ0) is 13.4. The average Bonchev–Trinajstić information content (AvgIpc) is 2.28. The third kappa shape index (κ3) is 2.61. The molecule has 2 rings (SSSR count). The van der Waals surface area contributed by atoms with Crippen LogP contribution in [0.2, 0.25) is 0 Å². The van der Waals surface area contributed by atoms with Gasteiger partial charge in [-0.25, -0.2) is 8.42 Å². The van der Waals surface area contributed by atoms with Gasteiger partial charge in [0.05, 0.1) is 23.6 Å². The molecule has 1 aliphatic heterocycles. The number of halogens is 1. The maximum absolute atomic E-state index is 12.6. The quantitative estimate of drug-likeness (QED) is 0.833. The van der Waals surface area contributed by atoms with Crippen LogP contribution in [0.3, 0.4) is 0 Å². The number of morpholine rings is 1. The lowest BCUT2D eigenvalue weighted by molar-refractivity contribution is -0.00770. The molecule has 0 atom stereocenters. The van der Waals surface area contributed by atoms with E-state index in [4.69, 9.17) is 4.74 Å². The molecular weight excluding hydrogens is 318 g/mol. The van der Waals surface area contributed by atoms with Crippen molar-refractivity contribution in [3.05, 3.63) is 28.7 Å².